The lowest BCUT2D eigenvalue weighted by Gasteiger charge is -2.28. The molecule has 5 rings (SSSR count). The molecule has 1 saturated heterocycles. The smallest absolute Gasteiger partial charge is 0.170 e. The molecule has 1 aromatic carbocycles. The van der Waals surface area contributed by atoms with Gasteiger partial charge >= 0.3 is 0 Å². The van der Waals surface area contributed by atoms with E-state index in [1.165, 1.54) is 5.56 Å². The summed E-state index contributed by atoms with van der Waals surface area (Å²) >= 11 is 5.83. The molecule has 0 spiro atoms. The summed E-state index contributed by atoms with van der Waals surface area (Å²) in [5, 5.41) is 15.8. The number of aromatic nitrogens is 5. The lowest BCUT2D eigenvalue weighted by molar-refractivity contribution is 0.314. The van der Waals surface area contributed by atoms with Gasteiger partial charge in [-0.2, -0.15) is 0 Å². The molecular formula is C25H28N8S. The van der Waals surface area contributed by atoms with Gasteiger partial charge < -0.3 is 15.5 Å². The Morgan fingerprint density at radius 1 is 1.03 bits per heavy atom. The van der Waals surface area contributed by atoms with E-state index in [0.717, 1.165) is 47.4 Å². The van der Waals surface area contributed by atoms with Crippen molar-refractivity contribution in [2.24, 2.45) is 0 Å². The molecule has 1 aliphatic heterocycles. The highest BCUT2D eigenvalue weighted by Gasteiger charge is 2.41. The highest BCUT2D eigenvalue weighted by atomic mass is 32.1. The average Bonchev–Trinajstić information content (AvgIpc) is 3.56. The molecule has 4 aromatic rings. The molecule has 2 atom stereocenters. The lowest BCUT2D eigenvalue weighted by Crippen LogP contribution is -2.31. The van der Waals surface area contributed by atoms with Crippen LogP contribution in [0.2, 0.25) is 0 Å². The van der Waals surface area contributed by atoms with Crippen molar-refractivity contribution in [3.8, 4) is 0 Å². The Morgan fingerprint density at radius 2 is 1.79 bits per heavy atom. The number of thiocarbonyl (C=S) groups is 1. The number of hydrogen-bond acceptors (Lipinski definition) is 5. The van der Waals surface area contributed by atoms with Crippen LogP contribution in [0.5, 0.6) is 0 Å². The number of para-hydroxylation sites is 1. The van der Waals surface area contributed by atoms with E-state index in [1.54, 1.807) is 12.7 Å². The van der Waals surface area contributed by atoms with Crippen LogP contribution in [0.3, 0.4) is 0 Å². The van der Waals surface area contributed by atoms with Crippen molar-refractivity contribution in [2.45, 2.75) is 32.4 Å². The maximum atomic E-state index is 5.83. The normalized spacial score (nSPS) is 17.7. The zero-order chi connectivity index (χ0) is 23.5. The minimum Gasteiger partial charge on any atom is -0.385 e. The minimum atomic E-state index is -0.0364. The number of nitrogens with zero attached hydrogens (tertiary/aromatic N) is 6. The van der Waals surface area contributed by atoms with E-state index in [9.17, 15) is 0 Å². The SMILES string of the molecule is Cc1cc([C@@H]2[C@H](c3ccccn3)NC(=S)N2CCCNc2ccccc2)c(C)n1-n1cnnc1. The van der Waals surface area contributed by atoms with Crippen molar-refractivity contribution < 1.29 is 0 Å². The summed E-state index contributed by atoms with van der Waals surface area (Å²) in [4.78, 5) is 6.96. The Morgan fingerprint density at radius 3 is 2.53 bits per heavy atom. The van der Waals surface area contributed by atoms with Gasteiger partial charge in [0, 0.05) is 41.9 Å². The van der Waals surface area contributed by atoms with Gasteiger partial charge in [0.05, 0.1) is 17.8 Å². The summed E-state index contributed by atoms with van der Waals surface area (Å²) in [6.45, 7) is 5.93. The molecule has 8 nitrogen and oxygen atoms in total. The Balaban J connectivity index is 1.43. The Kier molecular flexibility index (Phi) is 6.27. The fraction of sp³-hybridized carbons (Fsp3) is 0.280. The molecule has 0 radical (unpaired) electrons. The van der Waals surface area contributed by atoms with Gasteiger partial charge in [-0.15, -0.1) is 10.2 Å². The van der Waals surface area contributed by atoms with Crippen LogP contribution >= 0.6 is 12.2 Å². The Bertz CT molecular complexity index is 1240. The second-order valence-corrected chi connectivity index (χ2v) is 8.83. The summed E-state index contributed by atoms with van der Waals surface area (Å²) in [6, 6.07) is 18.5. The quantitative estimate of drug-likeness (QED) is 0.298. The standard InChI is InChI=1S/C25H28N8S/c1-18-15-21(19(2)33(18)31-16-28-29-17-31)24-23(22-11-6-7-12-27-22)30-25(34)32(24)14-8-13-26-20-9-4-3-5-10-20/h3-7,9-12,15-17,23-24,26H,8,13-14H2,1-2H3,(H,30,34)/t23-,24+/m0/s1. The van der Waals surface area contributed by atoms with Crippen molar-refractivity contribution in [1.29, 1.82) is 0 Å². The number of benzene rings is 1. The van der Waals surface area contributed by atoms with Crippen molar-refractivity contribution in [3.05, 3.63) is 96.1 Å². The van der Waals surface area contributed by atoms with Crippen LogP contribution in [0.15, 0.2) is 73.4 Å². The van der Waals surface area contributed by atoms with Crippen LogP contribution < -0.4 is 10.6 Å². The highest BCUT2D eigenvalue weighted by molar-refractivity contribution is 7.80. The molecule has 3 aromatic heterocycles. The number of aryl methyl sites for hydroxylation is 1. The number of hydrogen-bond donors (Lipinski definition) is 2. The first kappa shape index (κ1) is 22.1. The molecule has 174 valence electrons. The van der Waals surface area contributed by atoms with E-state index in [4.69, 9.17) is 12.2 Å². The van der Waals surface area contributed by atoms with Gasteiger partial charge in [-0.3, -0.25) is 9.66 Å². The fourth-order valence-corrected chi connectivity index (χ4v) is 5.09. The first-order valence-electron chi connectivity index (χ1n) is 11.4. The molecule has 0 aliphatic carbocycles. The van der Waals surface area contributed by atoms with Crippen LogP contribution in [0, 0.1) is 13.8 Å². The average molecular weight is 473 g/mol. The van der Waals surface area contributed by atoms with Crippen LogP contribution in [-0.4, -0.2) is 47.6 Å². The molecule has 0 saturated carbocycles. The molecule has 0 unspecified atom stereocenters. The van der Waals surface area contributed by atoms with Gasteiger partial charge in [0.15, 0.2) is 5.11 Å². The largest absolute Gasteiger partial charge is 0.385 e. The molecule has 0 amide bonds. The Hall–Kier alpha value is -3.72. The van der Waals surface area contributed by atoms with Crippen LogP contribution in [0.1, 0.15) is 41.1 Å². The van der Waals surface area contributed by atoms with E-state index in [0.29, 0.717) is 0 Å². The van der Waals surface area contributed by atoms with Gasteiger partial charge in [-0.25, -0.2) is 4.68 Å². The van der Waals surface area contributed by atoms with Crippen molar-refractivity contribution in [2.75, 3.05) is 18.4 Å². The molecule has 1 aliphatic rings. The summed E-state index contributed by atoms with van der Waals surface area (Å²) < 4.78 is 4.03. The molecule has 0 bridgehead atoms. The second kappa shape index (κ2) is 9.64. The molecule has 34 heavy (non-hydrogen) atoms. The zero-order valence-electron chi connectivity index (χ0n) is 19.3. The van der Waals surface area contributed by atoms with Crippen LogP contribution in [-0.2, 0) is 0 Å². The second-order valence-electron chi connectivity index (χ2n) is 8.45. The molecular weight excluding hydrogens is 444 g/mol. The minimum absolute atomic E-state index is 0.0237. The van der Waals surface area contributed by atoms with Gasteiger partial charge in [0.2, 0.25) is 0 Å². The third kappa shape index (κ3) is 4.26. The summed E-state index contributed by atoms with van der Waals surface area (Å²) in [7, 11) is 0. The van der Waals surface area contributed by atoms with Gasteiger partial charge in [-0.1, -0.05) is 24.3 Å². The molecule has 2 N–H and O–H groups in total. The molecule has 1 fully saturated rings. The van der Waals surface area contributed by atoms with E-state index < -0.39 is 0 Å². The van der Waals surface area contributed by atoms with Gasteiger partial charge in [-0.05, 0) is 62.8 Å². The molecule has 9 heteroatoms. The van der Waals surface area contributed by atoms with Gasteiger partial charge in [0.1, 0.15) is 12.7 Å². The molecule has 4 heterocycles. The topological polar surface area (TPSA) is 75.8 Å². The van der Waals surface area contributed by atoms with Crippen LogP contribution in [0.4, 0.5) is 5.69 Å². The monoisotopic (exact) mass is 472 g/mol. The van der Waals surface area contributed by atoms with Gasteiger partial charge in [0.25, 0.3) is 0 Å². The van der Waals surface area contributed by atoms with E-state index in [1.807, 2.05) is 41.2 Å². The van der Waals surface area contributed by atoms with E-state index in [2.05, 4.69) is 73.5 Å². The van der Waals surface area contributed by atoms with Crippen LogP contribution in [0.25, 0.3) is 0 Å². The summed E-state index contributed by atoms with van der Waals surface area (Å²) in [5.41, 5.74) is 5.56. The maximum absolute atomic E-state index is 5.83. The predicted molar refractivity (Wildman–Crippen MR) is 136 cm³/mol. The lowest BCUT2D eigenvalue weighted by atomic mass is 9.96. The third-order valence-electron chi connectivity index (χ3n) is 6.27. The number of anilines is 1. The fourth-order valence-electron chi connectivity index (χ4n) is 4.75. The first-order valence-corrected chi connectivity index (χ1v) is 11.9. The van der Waals surface area contributed by atoms with Crippen molar-refractivity contribution in [3.63, 3.8) is 0 Å². The Labute approximate surface area is 204 Å². The van der Waals surface area contributed by atoms with Crippen molar-refractivity contribution >= 4 is 23.0 Å². The highest BCUT2D eigenvalue weighted by Crippen LogP contribution is 2.40. The third-order valence-corrected chi connectivity index (χ3v) is 6.62. The summed E-state index contributed by atoms with van der Waals surface area (Å²) in [6.07, 6.45) is 6.21. The van der Waals surface area contributed by atoms with Crippen molar-refractivity contribution in [1.82, 2.24) is 34.8 Å². The predicted octanol–water partition coefficient (Wildman–Crippen LogP) is 3.88. The maximum Gasteiger partial charge on any atom is 0.170 e. The number of pyridine rings is 1. The zero-order valence-corrected chi connectivity index (χ0v) is 20.1. The van der Waals surface area contributed by atoms with E-state index in [-0.39, 0.29) is 12.1 Å². The van der Waals surface area contributed by atoms with E-state index >= 15 is 0 Å². The summed E-state index contributed by atoms with van der Waals surface area (Å²) in [5.74, 6) is 0. The number of nitrogens with one attached hydrogen (secondary N) is 2. The number of rotatable bonds is 8. The first-order chi connectivity index (χ1) is 16.6.